The molecule has 0 fully saturated rings. The number of rotatable bonds is 9. The van der Waals surface area contributed by atoms with Gasteiger partial charge in [0.15, 0.2) is 0 Å². The predicted octanol–water partition coefficient (Wildman–Crippen LogP) is 3.29. The minimum atomic E-state index is 0. The molecule has 0 spiro atoms. The smallest absolute Gasteiger partial charge is 0.220 e. The van der Waals surface area contributed by atoms with E-state index in [2.05, 4.69) is 43.5 Å². The lowest BCUT2D eigenvalue weighted by Gasteiger charge is -2.19. The lowest BCUT2D eigenvalue weighted by atomic mass is 9.87. The SMILES string of the molecule is CNCCCNC(=O)CCCOc1ccc(C(C)(C)C)cc1.Cl. The van der Waals surface area contributed by atoms with Crippen molar-refractivity contribution in [1.29, 1.82) is 0 Å². The summed E-state index contributed by atoms with van der Waals surface area (Å²) in [7, 11) is 1.91. The number of halogens is 1. The van der Waals surface area contributed by atoms with E-state index in [0.717, 1.165) is 31.7 Å². The zero-order chi connectivity index (χ0) is 16.4. The Morgan fingerprint density at radius 3 is 2.30 bits per heavy atom. The standard InChI is InChI=1S/C18H30N2O2.ClH/c1-18(2,3)15-8-10-16(11-9-15)22-14-5-7-17(21)20-13-6-12-19-4;/h8-11,19H,5-7,12-14H2,1-4H3,(H,20,21);1H. The van der Waals surface area contributed by atoms with Crippen LogP contribution in [0.25, 0.3) is 0 Å². The number of carbonyl (C=O) groups is 1. The Kier molecular flexibility index (Phi) is 10.7. The fourth-order valence-corrected chi connectivity index (χ4v) is 2.06. The van der Waals surface area contributed by atoms with Crippen LogP contribution < -0.4 is 15.4 Å². The molecular formula is C18H31ClN2O2. The molecule has 5 heteroatoms. The molecule has 0 aromatic heterocycles. The van der Waals surface area contributed by atoms with Gasteiger partial charge in [-0.25, -0.2) is 0 Å². The van der Waals surface area contributed by atoms with E-state index in [1.165, 1.54) is 5.56 Å². The molecule has 0 saturated carbocycles. The lowest BCUT2D eigenvalue weighted by molar-refractivity contribution is -0.121. The average Bonchev–Trinajstić information content (AvgIpc) is 2.48. The van der Waals surface area contributed by atoms with Crippen LogP contribution in [0.5, 0.6) is 5.75 Å². The Hall–Kier alpha value is -1.26. The van der Waals surface area contributed by atoms with Gasteiger partial charge in [0, 0.05) is 13.0 Å². The number of ether oxygens (including phenoxy) is 1. The third-order valence-corrected chi connectivity index (χ3v) is 3.46. The van der Waals surface area contributed by atoms with E-state index in [9.17, 15) is 4.79 Å². The molecule has 4 nitrogen and oxygen atoms in total. The Balaban J connectivity index is 0.00000484. The van der Waals surface area contributed by atoms with Gasteiger partial charge in [-0.3, -0.25) is 4.79 Å². The predicted molar refractivity (Wildman–Crippen MR) is 98.7 cm³/mol. The summed E-state index contributed by atoms with van der Waals surface area (Å²) in [6.45, 7) is 8.80. The van der Waals surface area contributed by atoms with Gasteiger partial charge in [0.1, 0.15) is 5.75 Å². The molecule has 132 valence electrons. The van der Waals surface area contributed by atoms with Crippen LogP contribution in [0.15, 0.2) is 24.3 Å². The van der Waals surface area contributed by atoms with Gasteiger partial charge in [-0.2, -0.15) is 0 Å². The highest BCUT2D eigenvalue weighted by Gasteiger charge is 2.12. The van der Waals surface area contributed by atoms with Crippen molar-refractivity contribution in [3.8, 4) is 5.75 Å². The summed E-state index contributed by atoms with van der Waals surface area (Å²) in [6, 6.07) is 8.20. The largest absolute Gasteiger partial charge is 0.494 e. The Morgan fingerprint density at radius 2 is 1.74 bits per heavy atom. The second-order valence-electron chi connectivity index (χ2n) is 6.53. The maximum Gasteiger partial charge on any atom is 0.220 e. The number of nitrogens with one attached hydrogen (secondary N) is 2. The summed E-state index contributed by atoms with van der Waals surface area (Å²) in [5.41, 5.74) is 1.45. The summed E-state index contributed by atoms with van der Waals surface area (Å²) < 4.78 is 5.68. The molecule has 0 aliphatic heterocycles. The van der Waals surface area contributed by atoms with Gasteiger partial charge in [0.25, 0.3) is 0 Å². The fourth-order valence-electron chi connectivity index (χ4n) is 2.06. The van der Waals surface area contributed by atoms with Crippen molar-refractivity contribution < 1.29 is 9.53 Å². The van der Waals surface area contributed by atoms with E-state index < -0.39 is 0 Å². The highest BCUT2D eigenvalue weighted by atomic mass is 35.5. The van der Waals surface area contributed by atoms with Gasteiger partial charge in [-0.1, -0.05) is 32.9 Å². The van der Waals surface area contributed by atoms with Gasteiger partial charge in [0.2, 0.25) is 5.91 Å². The van der Waals surface area contributed by atoms with Gasteiger partial charge in [-0.05, 0) is 49.5 Å². The van der Waals surface area contributed by atoms with E-state index in [1.807, 2.05) is 19.2 Å². The van der Waals surface area contributed by atoms with Crippen LogP contribution in [0, 0.1) is 0 Å². The highest BCUT2D eigenvalue weighted by molar-refractivity contribution is 5.85. The summed E-state index contributed by atoms with van der Waals surface area (Å²) in [5, 5.41) is 5.96. The first-order chi connectivity index (χ1) is 10.4. The number of amides is 1. The maximum atomic E-state index is 11.6. The topological polar surface area (TPSA) is 50.4 Å². The number of hydrogen-bond acceptors (Lipinski definition) is 3. The third-order valence-electron chi connectivity index (χ3n) is 3.46. The molecule has 0 unspecified atom stereocenters. The van der Waals surface area contributed by atoms with Crippen molar-refractivity contribution in [3.63, 3.8) is 0 Å². The number of benzene rings is 1. The molecule has 23 heavy (non-hydrogen) atoms. The Morgan fingerprint density at radius 1 is 1.09 bits per heavy atom. The van der Waals surface area contributed by atoms with E-state index in [1.54, 1.807) is 0 Å². The molecule has 0 heterocycles. The first-order valence-corrected chi connectivity index (χ1v) is 8.08. The fraction of sp³-hybridized carbons (Fsp3) is 0.611. The average molecular weight is 343 g/mol. The molecule has 1 aromatic carbocycles. The summed E-state index contributed by atoms with van der Waals surface area (Å²) in [5.74, 6) is 0.963. The molecule has 1 amide bonds. The van der Waals surface area contributed by atoms with Crippen LogP contribution in [0.2, 0.25) is 0 Å². The first-order valence-electron chi connectivity index (χ1n) is 8.08. The summed E-state index contributed by atoms with van der Waals surface area (Å²) in [6.07, 6.45) is 2.21. The minimum Gasteiger partial charge on any atom is -0.494 e. The van der Waals surface area contributed by atoms with Crippen LogP contribution in [-0.4, -0.2) is 32.7 Å². The minimum absolute atomic E-state index is 0. The molecule has 0 radical (unpaired) electrons. The quantitative estimate of drug-likeness (QED) is 0.677. The van der Waals surface area contributed by atoms with Crippen molar-refractivity contribution in [2.24, 2.45) is 0 Å². The van der Waals surface area contributed by atoms with Crippen LogP contribution in [-0.2, 0) is 10.2 Å². The Bertz CT molecular complexity index is 441. The molecule has 1 rings (SSSR count). The number of hydrogen-bond donors (Lipinski definition) is 2. The molecule has 0 saturated heterocycles. The van der Waals surface area contributed by atoms with Gasteiger partial charge in [-0.15, -0.1) is 12.4 Å². The molecule has 2 N–H and O–H groups in total. The van der Waals surface area contributed by atoms with E-state index in [-0.39, 0.29) is 23.7 Å². The summed E-state index contributed by atoms with van der Waals surface area (Å²) in [4.78, 5) is 11.6. The van der Waals surface area contributed by atoms with Crippen LogP contribution in [0.3, 0.4) is 0 Å². The van der Waals surface area contributed by atoms with Crippen molar-refractivity contribution >= 4 is 18.3 Å². The number of carbonyl (C=O) groups excluding carboxylic acids is 1. The maximum absolute atomic E-state index is 11.6. The molecule has 1 aromatic rings. The molecule has 0 aliphatic rings. The van der Waals surface area contributed by atoms with Crippen LogP contribution in [0.4, 0.5) is 0 Å². The van der Waals surface area contributed by atoms with E-state index in [4.69, 9.17) is 4.74 Å². The van der Waals surface area contributed by atoms with Gasteiger partial charge in [0.05, 0.1) is 6.61 Å². The highest BCUT2D eigenvalue weighted by Crippen LogP contribution is 2.24. The first kappa shape index (κ1) is 21.7. The van der Waals surface area contributed by atoms with E-state index in [0.29, 0.717) is 13.0 Å². The van der Waals surface area contributed by atoms with Gasteiger partial charge >= 0.3 is 0 Å². The van der Waals surface area contributed by atoms with Crippen molar-refractivity contribution in [1.82, 2.24) is 10.6 Å². The molecule has 0 atom stereocenters. The van der Waals surface area contributed by atoms with Crippen LogP contribution in [0.1, 0.15) is 45.6 Å². The normalized spacial score (nSPS) is 10.8. The lowest BCUT2D eigenvalue weighted by Crippen LogP contribution is -2.26. The van der Waals surface area contributed by atoms with Crippen molar-refractivity contribution in [2.75, 3.05) is 26.7 Å². The molecule has 0 aliphatic carbocycles. The zero-order valence-electron chi connectivity index (χ0n) is 14.8. The van der Waals surface area contributed by atoms with E-state index >= 15 is 0 Å². The molecule has 0 bridgehead atoms. The zero-order valence-corrected chi connectivity index (χ0v) is 15.6. The van der Waals surface area contributed by atoms with Crippen molar-refractivity contribution in [2.45, 2.75) is 45.4 Å². The summed E-state index contributed by atoms with van der Waals surface area (Å²) >= 11 is 0. The van der Waals surface area contributed by atoms with Gasteiger partial charge < -0.3 is 15.4 Å². The second-order valence-corrected chi connectivity index (χ2v) is 6.53. The third kappa shape index (κ3) is 9.47. The van der Waals surface area contributed by atoms with Crippen molar-refractivity contribution in [3.05, 3.63) is 29.8 Å². The Labute approximate surface area is 146 Å². The van der Waals surface area contributed by atoms with Crippen LogP contribution >= 0.6 is 12.4 Å². The second kappa shape index (κ2) is 11.3. The molecular weight excluding hydrogens is 312 g/mol. The monoisotopic (exact) mass is 342 g/mol.